The van der Waals surface area contributed by atoms with Crippen LogP contribution in [0.4, 0.5) is 0 Å². The fourth-order valence-corrected chi connectivity index (χ4v) is 20.8. The fourth-order valence-electron chi connectivity index (χ4n) is 20.8. The van der Waals surface area contributed by atoms with Gasteiger partial charge in [0, 0.05) is 0 Å². The zero-order chi connectivity index (χ0) is 19.0. The van der Waals surface area contributed by atoms with Crippen LogP contribution in [0.1, 0.15) is 109 Å². The second kappa shape index (κ2) is 2.47. The Morgan fingerprint density at radius 3 is 0.516 bits per heavy atom. The summed E-state index contributed by atoms with van der Waals surface area (Å²) in [6, 6.07) is 0. The summed E-state index contributed by atoms with van der Waals surface area (Å²) >= 11 is 0. The van der Waals surface area contributed by atoms with E-state index in [0.717, 1.165) is 75.8 Å². The SMILES string of the molecule is C1CC12C1(CC1)C21C2(CC23C2(C4(CC4)C24CC4)C32C3(CC3)C23CC3)C12C1(CC1)C21CC1. The molecule has 0 saturated heterocycles. The summed E-state index contributed by atoms with van der Waals surface area (Å²) in [5.41, 5.74) is 13.7. The van der Waals surface area contributed by atoms with Gasteiger partial charge in [-0.1, -0.05) is 0 Å². The van der Waals surface area contributed by atoms with Gasteiger partial charge < -0.3 is 0 Å². The highest BCUT2D eigenvalue weighted by atomic mass is 15.4. The van der Waals surface area contributed by atoms with Gasteiger partial charge in [-0.25, -0.2) is 0 Å². The van der Waals surface area contributed by atoms with Crippen LogP contribution < -0.4 is 0 Å². The van der Waals surface area contributed by atoms with Crippen molar-refractivity contribution in [3.8, 4) is 0 Å². The van der Waals surface area contributed by atoms with Crippen LogP contribution in [0, 0.1) is 75.8 Å². The van der Waals surface area contributed by atoms with Gasteiger partial charge in [-0.05, 0) is 185 Å². The van der Waals surface area contributed by atoms with Crippen molar-refractivity contribution >= 4 is 0 Å². The van der Waals surface area contributed by atoms with E-state index in [1.54, 1.807) is 103 Å². The number of rotatable bonds is 0. The molecule has 0 bridgehead atoms. The van der Waals surface area contributed by atoms with Crippen molar-refractivity contribution in [2.24, 2.45) is 75.8 Å². The first-order valence-electron chi connectivity index (χ1n) is 15.1. The molecule has 0 aliphatic heterocycles. The summed E-state index contributed by atoms with van der Waals surface area (Å²) in [7, 11) is 0. The Hall–Kier alpha value is 0. The van der Waals surface area contributed by atoms with Gasteiger partial charge in [0.2, 0.25) is 0 Å². The van der Waals surface area contributed by atoms with Crippen molar-refractivity contribution in [2.45, 2.75) is 109 Å². The highest BCUT2D eigenvalue weighted by Crippen LogP contribution is 3.43. The predicted molar refractivity (Wildman–Crippen MR) is 113 cm³/mol. The molecule has 0 aromatic heterocycles. The summed E-state index contributed by atoms with van der Waals surface area (Å²) in [6.07, 6.45) is 29.3. The molecule has 0 amide bonds. The molecule has 0 heteroatoms. The Morgan fingerprint density at radius 2 is 0.387 bits per heavy atom. The predicted octanol–water partition coefficient (Wildman–Crippen LogP) is 6.63. The van der Waals surface area contributed by atoms with Gasteiger partial charge in [0.1, 0.15) is 0 Å². The summed E-state index contributed by atoms with van der Waals surface area (Å²) in [4.78, 5) is 0. The van der Waals surface area contributed by atoms with Crippen LogP contribution in [0.5, 0.6) is 0 Å². The van der Waals surface area contributed by atoms with Gasteiger partial charge in [-0.2, -0.15) is 0 Å². The quantitative estimate of drug-likeness (QED) is 0.423. The minimum absolute atomic E-state index is 0.973. The van der Waals surface area contributed by atoms with Crippen molar-refractivity contribution in [1.82, 2.24) is 0 Å². The highest BCUT2D eigenvalue weighted by molar-refractivity contribution is 5.86. The van der Waals surface area contributed by atoms with Crippen molar-refractivity contribution in [1.29, 1.82) is 0 Å². The first kappa shape index (κ1) is 13.8. The van der Waals surface area contributed by atoms with Gasteiger partial charge in [0.05, 0.1) is 0 Å². The minimum Gasteiger partial charge on any atom is -0.0459 e. The molecule has 15 aliphatic carbocycles. The molecule has 15 fully saturated rings. The van der Waals surface area contributed by atoms with Crippen molar-refractivity contribution in [2.75, 3.05) is 0 Å². The molecule has 14 spiro atoms. The van der Waals surface area contributed by atoms with Crippen LogP contribution in [0.2, 0.25) is 0 Å². The lowest BCUT2D eigenvalue weighted by Crippen LogP contribution is -1.96. The zero-order valence-electron chi connectivity index (χ0n) is 19.0. The third-order valence-electron chi connectivity index (χ3n) is 19.9. The Morgan fingerprint density at radius 1 is 0.226 bits per heavy atom. The molecule has 0 heterocycles. The lowest BCUT2D eigenvalue weighted by atomic mass is 10.1. The van der Waals surface area contributed by atoms with E-state index in [4.69, 9.17) is 0 Å². The van der Waals surface area contributed by atoms with Crippen LogP contribution in [-0.4, -0.2) is 0 Å². The van der Waals surface area contributed by atoms with Crippen molar-refractivity contribution in [3.05, 3.63) is 0 Å². The largest absolute Gasteiger partial charge is 0.0459 e. The van der Waals surface area contributed by atoms with E-state index in [9.17, 15) is 0 Å². The topological polar surface area (TPSA) is 0 Å². The first-order valence-corrected chi connectivity index (χ1v) is 15.1. The van der Waals surface area contributed by atoms with Crippen LogP contribution in [0.3, 0.4) is 0 Å². The second-order valence-corrected chi connectivity index (χ2v) is 17.6. The van der Waals surface area contributed by atoms with E-state index in [2.05, 4.69) is 0 Å². The molecule has 0 unspecified atom stereocenters. The minimum atomic E-state index is 0.973. The molecule has 0 aromatic rings. The second-order valence-electron chi connectivity index (χ2n) is 17.6. The van der Waals surface area contributed by atoms with Crippen LogP contribution in [0.25, 0.3) is 0 Å². The Labute approximate surface area is 185 Å². The first-order chi connectivity index (χ1) is 15.1. The number of hydrogen-bond acceptors (Lipinski definition) is 0. The number of fused-ring (bicyclic) bond motifs is 19. The molecule has 15 saturated carbocycles. The normalized spacial score (nSPS) is 56.5. The Balaban J connectivity index is 1.10. The van der Waals surface area contributed by atoms with E-state index in [1.807, 2.05) is 6.42 Å². The summed E-state index contributed by atoms with van der Waals surface area (Å²) in [6.45, 7) is 0. The van der Waals surface area contributed by atoms with Gasteiger partial charge in [-0.15, -0.1) is 0 Å². The summed E-state index contributed by atoms with van der Waals surface area (Å²) in [5.74, 6) is 0. The van der Waals surface area contributed by atoms with Gasteiger partial charge in [0.25, 0.3) is 0 Å². The fraction of sp³-hybridized carbons (Fsp3) is 1.00. The zero-order valence-corrected chi connectivity index (χ0v) is 19.0. The number of hydrogen-bond donors (Lipinski definition) is 0. The maximum Gasteiger partial charge on any atom is -0.00319 e. The van der Waals surface area contributed by atoms with E-state index >= 15 is 0 Å². The molecule has 15 rings (SSSR count). The monoisotopic (exact) mass is 406 g/mol. The summed E-state index contributed by atoms with van der Waals surface area (Å²) in [5, 5.41) is 0. The highest BCUT2D eigenvalue weighted by Gasteiger charge is 3.40. The average Bonchev–Trinajstić information content (AvgIpc) is 3.55. The molecule has 15 aliphatic rings. The van der Waals surface area contributed by atoms with Gasteiger partial charge >= 0.3 is 0 Å². The average molecular weight is 407 g/mol. The van der Waals surface area contributed by atoms with Gasteiger partial charge in [-0.3, -0.25) is 0 Å². The van der Waals surface area contributed by atoms with Gasteiger partial charge in [0.15, 0.2) is 0 Å². The molecular weight excluding hydrogens is 372 g/mol. The lowest BCUT2D eigenvalue weighted by Gasteiger charge is -1.97. The molecule has 0 N–H and O–H groups in total. The van der Waals surface area contributed by atoms with Crippen LogP contribution >= 0.6 is 0 Å². The van der Waals surface area contributed by atoms with Crippen molar-refractivity contribution in [3.63, 3.8) is 0 Å². The van der Waals surface area contributed by atoms with E-state index in [0.29, 0.717) is 0 Å². The third kappa shape index (κ3) is 0.571. The van der Waals surface area contributed by atoms with E-state index in [-0.39, 0.29) is 0 Å². The Kier molecular flexibility index (Phi) is 1.10. The van der Waals surface area contributed by atoms with E-state index in [1.165, 1.54) is 0 Å². The molecule has 0 atom stereocenters. The maximum atomic E-state index is 1.86. The van der Waals surface area contributed by atoms with Crippen LogP contribution in [-0.2, 0) is 0 Å². The molecule has 0 radical (unpaired) electrons. The molecule has 31 heavy (non-hydrogen) atoms. The summed E-state index contributed by atoms with van der Waals surface area (Å²) < 4.78 is 0. The molecule has 0 aromatic carbocycles. The molecule has 0 nitrogen and oxygen atoms in total. The third-order valence-corrected chi connectivity index (χ3v) is 19.9. The van der Waals surface area contributed by atoms with Crippen LogP contribution in [0.15, 0.2) is 0 Å². The maximum absolute atomic E-state index is 1.86. The lowest BCUT2D eigenvalue weighted by molar-refractivity contribution is 0.476. The van der Waals surface area contributed by atoms with Crippen molar-refractivity contribution < 1.29 is 0 Å². The molecular formula is C31H34. The standard InChI is InChI=1S/C31H34/c1-2-18(1)19(3-4-19)28(18)26(29(28)20(5-6-20)21(29)7-8-21)17-27(26)30(22(9-10-22)23(30)11-12-23)31(27)24(13-14-24)25(31)15-16-25/h1-17H2. The van der Waals surface area contributed by atoms with E-state index < -0.39 is 0 Å². The Bertz CT molecular complexity index is 1020. The molecule has 158 valence electrons. The smallest absolute Gasteiger partial charge is 0.00319 e.